The summed E-state index contributed by atoms with van der Waals surface area (Å²) in [4.78, 5) is 15.0. The molecule has 1 fully saturated rings. The molecule has 148 valence electrons. The number of amides is 1. The molecule has 2 heterocycles. The van der Waals surface area contributed by atoms with Crippen molar-refractivity contribution in [1.82, 2.24) is 0 Å². The van der Waals surface area contributed by atoms with Gasteiger partial charge in [0, 0.05) is 24.5 Å². The molecule has 8 heteroatoms. The maximum atomic E-state index is 12.7. The zero-order valence-corrected chi connectivity index (χ0v) is 16.5. The summed E-state index contributed by atoms with van der Waals surface area (Å²) in [6.45, 7) is 2.05. The van der Waals surface area contributed by atoms with E-state index in [-0.39, 0.29) is 12.5 Å². The number of benzene rings is 2. The van der Waals surface area contributed by atoms with Gasteiger partial charge in [-0.25, -0.2) is 8.42 Å². The number of carbonyl (C=O) groups excluding carboxylic acids is 1. The van der Waals surface area contributed by atoms with Crippen LogP contribution in [0.5, 0.6) is 5.75 Å². The second-order valence-corrected chi connectivity index (χ2v) is 9.01. The molecule has 0 aromatic heterocycles. The third kappa shape index (κ3) is 3.77. The summed E-state index contributed by atoms with van der Waals surface area (Å²) in [5.41, 5.74) is 2.24. The van der Waals surface area contributed by atoms with Crippen LogP contribution in [0.2, 0.25) is 0 Å². The van der Waals surface area contributed by atoms with E-state index in [1.807, 2.05) is 24.3 Å². The first-order chi connectivity index (χ1) is 13.4. The van der Waals surface area contributed by atoms with Crippen LogP contribution in [-0.2, 0) is 14.8 Å². The number of sulfonamides is 1. The number of hydrogen-bond donors (Lipinski definition) is 1. The highest BCUT2D eigenvalue weighted by molar-refractivity contribution is 7.92. The summed E-state index contributed by atoms with van der Waals surface area (Å²) in [5, 5.41) is 2.83. The molecule has 2 aromatic rings. The lowest BCUT2D eigenvalue weighted by molar-refractivity contribution is -0.122. The fourth-order valence-electron chi connectivity index (χ4n) is 3.61. The van der Waals surface area contributed by atoms with Crippen molar-refractivity contribution >= 4 is 33.0 Å². The smallest absolute Gasteiger partial charge is 0.267 e. The van der Waals surface area contributed by atoms with E-state index >= 15 is 0 Å². The molecule has 7 nitrogen and oxygen atoms in total. The molecular formula is C20H23N3O4S. The lowest BCUT2D eigenvalue weighted by Gasteiger charge is -2.33. The minimum Gasteiger partial charge on any atom is -0.476 e. The molecule has 0 radical (unpaired) electrons. The van der Waals surface area contributed by atoms with Crippen molar-refractivity contribution in [2.24, 2.45) is 0 Å². The van der Waals surface area contributed by atoms with Crippen molar-refractivity contribution in [1.29, 1.82) is 0 Å². The summed E-state index contributed by atoms with van der Waals surface area (Å²) in [6.07, 6.45) is 2.61. The molecule has 28 heavy (non-hydrogen) atoms. The van der Waals surface area contributed by atoms with Crippen molar-refractivity contribution in [2.45, 2.75) is 18.9 Å². The quantitative estimate of drug-likeness (QED) is 0.851. The van der Waals surface area contributed by atoms with Crippen molar-refractivity contribution in [3.63, 3.8) is 0 Å². The van der Waals surface area contributed by atoms with Crippen molar-refractivity contribution in [3.05, 3.63) is 48.5 Å². The molecule has 0 saturated carbocycles. The number of hydrogen-bond acceptors (Lipinski definition) is 5. The van der Waals surface area contributed by atoms with Gasteiger partial charge in [0.2, 0.25) is 10.0 Å². The van der Waals surface area contributed by atoms with Gasteiger partial charge in [-0.1, -0.05) is 12.1 Å². The fourth-order valence-corrected chi connectivity index (χ4v) is 4.52. The second-order valence-electron chi connectivity index (χ2n) is 7.10. The number of rotatable bonds is 4. The van der Waals surface area contributed by atoms with Gasteiger partial charge >= 0.3 is 0 Å². The zero-order chi connectivity index (χ0) is 19.7. The van der Waals surface area contributed by atoms with Crippen molar-refractivity contribution in [3.8, 4) is 5.75 Å². The summed E-state index contributed by atoms with van der Waals surface area (Å²) < 4.78 is 31.3. The lowest BCUT2D eigenvalue weighted by atomic mass is 10.2. The van der Waals surface area contributed by atoms with E-state index in [9.17, 15) is 13.2 Å². The number of nitrogens with zero attached hydrogens (tertiary/aromatic N) is 2. The normalized spacial score (nSPS) is 19.1. The number of ether oxygens (including phenoxy) is 1. The van der Waals surface area contributed by atoms with Crippen LogP contribution in [0.25, 0.3) is 0 Å². The van der Waals surface area contributed by atoms with Gasteiger partial charge in [0.15, 0.2) is 6.10 Å². The van der Waals surface area contributed by atoms with Crippen LogP contribution in [-0.4, -0.2) is 46.3 Å². The van der Waals surface area contributed by atoms with E-state index in [1.165, 1.54) is 17.1 Å². The Bertz CT molecular complexity index is 969. The SMILES string of the molecule is CS(=O)(=O)N1C[C@@H](C(=O)Nc2ccc(N3CCCC3)cc2)Oc2ccccc21. The Labute approximate surface area is 165 Å². The van der Waals surface area contributed by atoms with Crippen LogP contribution in [0.4, 0.5) is 17.1 Å². The maximum absolute atomic E-state index is 12.7. The van der Waals surface area contributed by atoms with Crippen LogP contribution < -0.4 is 19.3 Å². The first kappa shape index (κ1) is 18.6. The molecule has 1 amide bonds. The van der Waals surface area contributed by atoms with E-state index in [0.29, 0.717) is 17.1 Å². The van der Waals surface area contributed by atoms with E-state index in [2.05, 4.69) is 10.2 Å². The van der Waals surface area contributed by atoms with Gasteiger partial charge in [0.25, 0.3) is 5.91 Å². The van der Waals surface area contributed by atoms with E-state index < -0.39 is 16.1 Å². The van der Waals surface area contributed by atoms with Gasteiger partial charge in [0.1, 0.15) is 5.75 Å². The van der Waals surface area contributed by atoms with Crippen molar-refractivity contribution < 1.29 is 17.9 Å². The van der Waals surface area contributed by atoms with E-state index in [1.54, 1.807) is 24.3 Å². The van der Waals surface area contributed by atoms with Gasteiger partial charge in [-0.2, -0.15) is 0 Å². The maximum Gasteiger partial charge on any atom is 0.267 e. The molecule has 4 rings (SSSR count). The average molecular weight is 401 g/mol. The predicted octanol–water partition coefficient (Wildman–Crippen LogP) is 2.45. The van der Waals surface area contributed by atoms with Crippen molar-refractivity contribution in [2.75, 3.05) is 40.4 Å². The largest absolute Gasteiger partial charge is 0.476 e. The molecule has 0 aliphatic carbocycles. The third-order valence-electron chi connectivity index (χ3n) is 5.03. The Balaban J connectivity index is 1.49. The van der Waals surface area contributed by atoms with Gasteiger partial charge in [-0.05, 0) is 49.2 Å². The Kier molecular flexibility index (Phi) is 4.89. The third-order valence-corrected chi connectivity index (χ3v) is 6.18. The number of nitrogens with one attached hydrogen (secondary N) is 1. The molecule has 0 spiro atoms. The minimum absolute atomic E-state index is 0.0620. The van der Waals surface area contributed by atoms with E-state index in [0.717, 1.165) is 25.0 Å². The second kappa shape index (κ2) is 7.35. The molecule has 1 saturated heterocycles. The molecule has 2 aliphatic rings. The van der Waals surface area contributed by atoms with Gasteiger partial charge in [-0.15, -0.1) is 0 Å². The van der Waals surface area contributed by atoms with Crippen LogP contribution in [0, 0.1) is 0 Å². The lowest BCUT2D eigenvalue weighted by Crippen LogP contribution is -2.48. The minimum atomic E-state index is -3.53. The number of carbonyl (C=O) groups is 1. The molecule has 1 N–H and O–H groups in total. The highest BCUT2D eigenvalue weighted by Crippen LogP contribution is 2.34. The highest BCUT2D eigenvalue weighted by Gasteiger charge is 2.34. The summed E-state index contributed by atoms with van der Waals surface area (Å²) in [5.74, 6) is 0.000724. The standard InChI is InChI=1S/C20H23N3O4S/c1-28(25,26)23-14-19(27-18-7-3-2-6-17(18)23)20(24)21-15-8-10-16(11-9-15)22-12-4-5-13-22/h2-3,6-11,19H,4-5,12-14H2,1H3,(H,21,24)/t19-/m0/s1. The van der Waals surface area contributed by atoms with Crippen LogP contribution >= 0.6 is 0 Å². The Morgan fingerprint density at radius 2 is 1.75 bits per heavy atom. The highest BCUT2D eigenvalue weighted by atomic mass is 32.2. The first-order valence-corrected chi connectivity index (χ1v) is 11.2. The van der Waals surface area contributed by atoms with Gasteiger partial charge < -0.3 is 15.0 Å². The number of para-hydroxylation sites is 2. The Hall–Kier alpha value is -2.74. The van der Waals surface area contributed by atoms with Gasteiger partial charge in [-0.3, -0.25) is 9.10 Å². The predicted molar refractivity (Wildman–Crippen MR) is 110 cm³/mol. The topological polar surface area (TPSA) is 79.0 Å². The fraction of sp³-hybridized carbons (Fsp3) is 0.350. The van der Waals surface area contributed by atoms with Gasteiger partial charge in [0.05, 0.1) is 18.5 Å². The van der Waals surface area contributed by atoms with Crippen LogP contribution in [0.15, 0.2) is 48.5 Å². The molecule has 2 aromatic carbocycles. The zero-order valence-electron chi connectivity index (χ0n) is 15.7. The van der Waals surface area contributed by atoms with E-state index in [4.69, 9.17) is 4.74 Å². The Morgan fingerprint density at radius 3 is 2.43 bits per heavy atom. The Morgan fingerprint density at radius 1 is 1.07 bits per heavy atom. The van der Waals surface area contributed by atoms with Crippen LogP contribution in [0.3, 0.4) is 0 Å². The molecule has 1 atom stereocenters. The van der Waals surface area contributed by atoms with Crippen LogP contribution in [0.1, 0.15) is 12.8 Å². The molecular weight excluding hydrogens is 378 g/mol. The summed E-state index contributed by atoms with van der Waals surface area (Å²) >= 11 is 0. The summed E-state index contributed by atoms with van der Waals surface area (Å²) in [6, 6.07) is 14.5. The monoisotopic (exact) mass is 401 g/mol. The molecule has 0 unspecified atom stereocenters. The summed E-state index contributed by atoms with van der Waals surface area (Å²) in [7, 11) is -3.53. The first-order valence-electron chi connectivity index (χ1n) is 9.31. The molecule has 2 aliphatic heterocycles. The average Bonchev–Trinajstić information content (AvgIpc) is 3.21. The number of anilines is 3. The number of fused-ring (bicyclic) bond motifs is 1. The molecule has 0 bridgehead atoms.